The Morgan fingerprint density at radius 3 is 2.00 bits per heavy atom. The minimum Gasteiger partial charge on any atom is -0.354 e. The molecular formula is C29H59N11O. The number of nitrogens with zero attached hydrogens (tertiary/aromatic N) is 8. The number of amides is 1. The first-order chi connectivity index (χ1) is 19.0. The third kappa shape index (κ3) is 10.5. The molecule has 1 fully saturated rings. The third-order valence-electron chi connectivity index (χ3n) is 8.02. The summed E-state index contributed by atoms with van der Waals surface area (Å²) in [7, 11) is 12.2. The molecule has 3 N–H and O–H groups in total. The quantitative estimate of drug-likeness (QED) is 0.236. The van der Waals surface area contributed by atoms with Crippen molar-refractivity contribution >= 4 is 23.8 Å². The molecule has 0 atom stereocenters. The van der Waals surface area contributed by atoms with Crippen molar-refractivity contribution in [2.45, 2.75) is 71.0 Å². The molecule has 0 radical (unpaired) electrons. The Bertz CT molecular complexity index is 966. The number of hydrogen-bond acceptors (Lipinski definition) is 11. The highest BCUT2D eigenvalue weighted by Crippen LogP contribution is 2.32. The van der Waals surface area contributed by atoms with Crippen LogP contribution in [0.15, 0.2) is 0 Å². The van der Waals surface area contributed by atoms with Crippen molar-refractivity contribution in [2.24, 2.45) is 0 Å². The van der Waals surface area contributed by atoms with Gasteiger partial charge in [-0.15, -0.1) is 0 Å². The van der Waals surface area contributed by atoms with Crippen LogP contribution in [0, 0.1) is 0 Å². The van der Waals surface area contributed by atoms with E-state index >= 15 is 0 Å². The van der Waals surface area contributed by atoms with Gasteiger partial charge in [0.1, 0.15) is 0 Å². The Labute approximate surface area is 249 Å². The zero-order chi connectivity index (χ0) is 31.0. The summed E-state index contributed by atoms with van der Waals surface area (Å²) in [5.74, 6) is 1.75. The van der Waals surface area contributed by atoms with E-state index in [1.807, 2.05) is 51.8 Å². The molecule has 0 saturated carbocycles. The molecule has 236 valence electrons. The summed E-state index contributed by atoms with van der Waals surface area (Å²) in [6, 6.07) is 0. The average Bonchev–Trinajstić information content (AvgIpc) is 2.87. The van der Waals surface area contributed by atoms with E-state index in [0.29, 0.717) is 30.9 Å². The van der Waals surface area contributed by atoms with Gasteiger partial charge in [-0.1, -0.05) is 0 Å². The summed E-state index contributed by atoms with van der Waals surface area (Å²) in [6.07, 6.45) is 2.15. The molecule has 1 aliphatic heterocycles. The summed E-state index contributed by atoms with van der Waals surface area (Å²) >= 11 is 0. The van der Waals surface area contributed by atoms with Crippen molar-refractivity contribution < 1.29 is 4.79 Å². The standard InChI is InChI=1S/C29H59N11O/c1-27(2,21-40-22-28(3,4)39(12)29(5,6)23(40)41)35-25-32-24(33-26(34-25)36(8)9)31-16-14-18-38(11)20-19-37(10)17-13-15-30-7/h30H,13-22H2,1-12H3,(H2,31,32,33,34,35). The van der Waals surface area contributed by atoms with E-state index in [4.69, 9.17) is 0 Å². The molecule has 12 nitrogen and oxygen atoms in total. The first-order valence-electron chi connectivity index (χ1n) is 15.0. The van der Waals surface area contributed by atoms with E-state index in [0.717, 1.165) is 45.7 Å². The van der Waals surface area contributed by atoms with Gasteiger partial charge < -0.3 is 35.6 Å². The Balaban J connectivity index is 1.97. The average molecular weight is 578 g/mol. The Morgan fingerprint density at radius 2 is 1.44 bits per heavy atom. The molecule has 1 saturated heterocycles. The number of rotatable bonds is 17. The summed E-state index contributed by atoms with van der Waals surface area (Å²) in [5, 5.41) is 10.1. The van der Waals surface area contributed by atoms with Gasteiger partial charge in [0, 0.05) is 52.4 Å². The molecule has 1 amide bonds. The van der Waals surface area contributed by atoms with Crippen molar-refractivity contribution in [1.82, 2.24) is 39.9 Å². The van der Waals surface area contributed by atoms with Crippen LogP contribution in [0.25, 0.3) is 0 Å². The molecule has 0 spiro atoms. The molecule has 1 aromatic rings. The van der Waals surface area contributed by atoms with Crippen LogP contribution in [0.3, 0.4) is 0 Å². The maximum Gasteiger partial charge on any atom is 0.242 e. The first kappa shape index (κ1) is 34.9. The van der Waals surface area contributed by atoms with Crippen molar-refractivity contribution in [3.8, 4) is 0 Å². The van der Waals surface area contributed by atoms with Crippen molar-refractivity contribution in [1.29, 1.82) is 0 Å². The van der Waals surface area contributed by atoms with Crippen LogP contribution in [0.1, 0.15) is 54.4 Å². The molecule has 0 aromatic carbocycles. The number of piperazine rings is 1. The molecule has 41 heavy (non-hydrogen) atoms. The van der Waals surface area contributed by atoms with E-state index in [1.54, 1.807) is 0 Å². The third-order valence-corrected chi connectivity index (χ3v) is 8.02. The monoisotopic (exact) mass is 577 g/mol. The fourth-order valence-corrected chi connectivity index (χ4v) is 5.22. The molecule has 0 bridgehead atoms. The van der Waals surface area contributed by atoms with E-state index < -0.39 is 11.1 Å². The number of nitrogens with one attached hydrogen (secondary N) is 3. The van der Waals surface area contributed by atoms with Crippen molar-refractivity contribution in [3.63, 3.8) is 0 Å². The number of carbonyl (C=O) groups is 1. The van der Waals surface area contributed by atoms with Gasteiger partial charge in [0.05, 0.1) is 11.1 Å². The minimum absolute atomic E-state index is 0.131. The summed E-state index contributed by atoms with van der Waals surface area (Å²) in [5.41, 5.74) is -1.16. The number of aromatic nitrogens is 3. The second kappa shape index (κ2) is 14.8. The molecule has 1 aliphatic rings. The lowest BCUT2D eigenvalue weighted by atomic mass is 9.86. The fourth-order valence-electron chi connectivity index (χ4n) is 5.22. The maximum atomic E-state index is 13.4. The topological polar surface area (TPSA) is 108 Å². The molecular weight excluding hydrogens is 518 g/mol. The van der Waals surface area contributed by atoms with Gasteiger partial charge in [-0.3, -0.25) is 9.69 Å². The van der Waals surface area contributed by atoms with Crippen LogP contribution in [0.2, 0.25) is 0 Å². The van der Waals surface area contributed by atoms with Crippen LogP contribution in [0.4, 0.5) is 17.8 Å². The second-order valence-corrected chi connectivity index (χ2v) is 13.6. The SMILES string of the molecule is CNCCCN(C)CCN(C)CCCNc1nc(NC(C)(C)CN2CC(C)(C)N(C)C(C)(C)C2=O)nc(N(C)C)n1. The first-order valence-corrected chi connectivity index (χ1v) is 15.0. The highest BCUT2D eigenvalue weighted by Gasteiger charge is 2.49. The zero-order valence-corrected chi connectivity index (χ0v) is 28.1. The number of hydrogen-bond donors (Lipinski definition) is 3. The molecule has 1 aromatic heterocycles. The van der Waals surface area contributed by atoms with Crippen LogP contribution < -0.4 is 20.9 Å². The van der Waals surface area contributed by atoms with Crippen molar-refractivity contribution in [2.75, 3.05) is 110 Å². The van der Waals surface area contributed by atoms with Gasteiger partial charge in [0.25, 0.3) is 0 Å². The largest absolute Gasteiger partial charge is 0.354 e. The Kier molecular flexibility index (Phi) is 12.6. The minimum atomic E-state index is -0.573. The summed E-state index contributed by atoms with van der Waals surface area (Å²) in [6.45, 7) is 19.8. The summed E-state index contributed by atoms with van der Waals surface area (Å²) in [4.78, 5) is 38.1. The molecule has 0 aliphatic carbocycles. The second-order valence-electron chi connectivity index (χ2n) is 13.6. The van der Waals surface area contributed by atoms with E-state index in [1.165, 1.54) is 6.42 Å². The van der Waals surface area contributed by atoms with Gasteiger partial charge in [-0.05, 0) is 102 Å². The highest BCUT2D eigenvalue weighted by molar-refractivity contribution is 5.86. The maximum absolute atomic E-state index is 13.4. The molecule has 0 unspecified atom stereocenters. The molecule has 2 rings (SSSR count). The van der Waals surface area contributed by atoms with Gasteiger partial charge in [0.2, 0.25) is 23.8 Å². The van der Waals surface area contributed by atoms with Gasteiger partial charge in [-0.2, -0.15) is 15.0 Å². The normalized spacial score (nSPS) is 17.4. The predicted octanol–water partition coefficient (Wildman–Crippen LogP) is 1.73. The van der Waals surface area contributed by atoms with Gasteiger partial charge in [-0.25, -0.2) is 0 Å². The van der Waals surface area contributed by atoms with Crippen molar-refractivity contribution in [3.05, 3.63) is 0 Å². The number of likely N-dealkylation sites (N-methyl/N-ethyl adjacent to an activating group) is 3. The van der Waals surface area contributed by atoms with E-state index in [2.05, 4.69) is 87.4 Å². The zero-order valence-electron chi connectivity index (χ0n) is 28.1. The van der Waals surface area contributed by atoms with Crippen LogP contribution in [0.5, 0.6) is 0 Å². The fraction of sp³-hybridized carbons (Fsp3) is 0.862. The molecule has 12 heteroatoms. The Morgan fingerprint density at radius 1 is 0.878 bits per heavy atom. The highest BCUT2D eigenvalue weighted by atomic mass is 16.2. The lowest BCUT2D eigenvalue weighted by Gasteiger charge is -2.54. The van der Waals surface area contributed by atoms with Gasteiger partial charge >= 0.3 is 0 Å². The number of anilines is 3. The van der Waals surface area contributed by atoms with E-state index in [9.17, 15) is 4.79 Å². The number of carbonyl (C=O) groups excluding carboxylic acids is 1. The lowest BCUT2D eigenvalue weighted by molar-refractivity contribution is -0.158. The van der Waals surface area contributed by atoms with Crippen LogP contribution in [-0.4, -0.2) is 152 Å². The molecule has 2 heterocycles. The van der Waals surface area contributed by atoms with Crippen LogP contribution >= 0.6 is 0 Å². The summed E-state index contributed by atoms with van der Waals surface area (Å²) < 4.78 is 0. The predicted molar refractivity (Wildman–Crippen MR) is 171 cm³/mol. The Hall–Kier alpha value is -2.28. The van der Waals surface area contributed by atoms with E-state index in [-0.39, 0.29) is 11.4 Å². The van der Waals surface area contributed by atoms with Crippen LogP contribution in [-0.2, 0) is 4.79 Å². The smallest absolute Gasteiger partial charge is 0.242 e. The van der Waals surface area contributed by atoms with Gasteiger partial charge in [0.15, 0.2) is 0 Å². The lowest BCUT2D eigenvalue weighted by Crippen LogP contribution is -2.71.